The fraction of sp³-hybridized carbons (Fsp3) is 0.424. The Labute approximate surface area is 253 Å². The Morgan fingerprint density at radius 3 is 2.14 bits per heavy atom. The highest BCUT2D eigenvalue weighted by atomic mass is 19.4. The number of hydrogen-bond donors (Lipinski definition) is 2. The van der Waals surface area contributed by atoms with E-state index in [-0.39, 0.29) is 31.6 Å². The molecule has 11 heteroatoms. The lowest BCUT2D eigenvalue weighted by Gasteiger charge is -2.49. The van der Waals surface area contributed by atoms with Crippen molar-refractivity contribution in [2.24, 2.45) is 0 Å². The van der Waals surface area contributed by atoms with Crippen LogP contribution in [0.25, 0.3) is 0 Å². The fourth-order valence-corrected chi connectivity index (χ4v) is 6.38. The van der Waals surface area contributed by atoms with Crippen LogP contribution in [0, 0.1) is 0 Å². The molecule has 2 aliphatic rings. The fourth-order valence-electron chi connectivity index (χ4n) is 6.38. The molecule has 44 heavy (non-hydrogen) atoms. The van der Waals surface area contributed by atoms with E-state index in [0.717, 1.165) is 50.2 Å². The summed E-state index contributed by atoms with van der Waals surface area (Å²) in [6.45, 7) is 4.17. The quantitative estimate of drug-likeness (QED) is 0.303. The van der Waals surface area contributed by atoms with Gasteiger partial charge in [-0.1, -0.05) is 72.8 Å². The van der Waals surface area contributed by atoms with Crippen molar-refractivity contribution in [3.8, 4) is 0 Å². The van der Waals surface area contributed by atoms with Crippen LogP contribution < -0.4 is 10.6 Å². The predicted octanol–water partition coefficient (Wildman–Crippen LogP) is 6.37. The van der Waals surface area contributed by atoms with Gasteiger partial charge in [-0.05, 0) is 55.6 Å². The molecule has 1 amide bonds. The van der Waals surface area contributed by atoms with E-state index in [1.807, 2.05) is 55.5 Å². The summed E-state index contributed by atoms with van der Waals surface area (Å²) in [7, 11) is 0. The first-order chi connectivity index (χ1) is 20.9. The van der Waals surface area contributed by atoms with Crippen LogP contribution in [-0.2, 0) is 29.2 Å². The van der Waals surface area contributed by atoms with Crippen molar-refractivity contribution in [2.75, 3.05) is 32.7 Å². The topological polar surface area (TPSA) is 47.6 Å². The number of carbonyl (C=O) groups is 1. The van der Waals surface area contributed by atoms with Crippen molar-refractivity contribution < 1.29 is 31.1 Å². The zero-order valence-corrected chi connectivity index (χ0v) is 24.4. The van der Waals surface area contributed by atoms with E-state index >= 15 is 0 Å². The van der Waals surface area contributed by atoms with Crippen molar-refractivity contribution in [1.82, 2.24) is 20.4 Å². The van der Waals surface area contributed by atoms with Crippen LogP contribution in [0.1, 0.15) is 53.6 Å². The Bertz CT molecular complexity index is 1410. The largest absolute Gasteiger partial charge is 0.417 e. The van der Waals surface area contributed by atoms with Gasteiger partial charge < -0.3 is 15.5 Å². The maximum atomic E-state index is 14.1. The number of nitrogens with one attached hydrogen (secondary N) is 2. The Morgan fingerprint density at radius 2 is 1.52 bits per heavy atom. The van der Waals surface area contributed by atoms with Crippen LogP contribution in [0.4, 0.5) is 26.3 Å². The van der Waals surface area contributed by atoms with Gasteiger partial charge in [0.1, 0.15) is 0 Å². The second-order valence-electron chi connectivity index (χ2n) is 11.8. The van der Waals surface area contributed by atoms with Gasteiger partial charge in [0, 0.05) is 25.7 Å². The Balaban J connectivity index is 1.34. The van der Waals surface area contributed by atoms with Gasteiger partial charge in [-0.25, -0.2) is 0 Å². The van der Waals surface area contributed by atoms with Crippen molar-refractivity contribution in [2.45, 2.75) is 56.3 Å². The number of benzene rings is 3. The summed E-state index contributed by atoms with van der Waals surface area (Å²) < 4.78 is 83.4. The number of amides is 1. The molecule has 2 atom stereocenters. The maximum absolute atomic E-state index is 14.1. The molecular weight excluding hydrogens is 582 g/mol. The van der Waals surface area contributed by atoms with Crippen LogP contribution in [0.2, 0.25) is 0 Å². The number of rotatable bonds is 7. The zero-order chi connectivity index (χ0) is 31.5. The first-order valence-electron chi connectivity index (χ1n) is 14.7. The van der Waals surface area contributed by atoms with Gasteiger partial charge in [0.15, 0.2) is 0 Å². The SMILES string of the molecule is CC1(c2ccccc2)CNC(c2cccc(C(F)(F)F)c2C(F)(F)F)CN1C(=O)CNC1CCN(Cc2ccccc2)CC1. The van der Waals surface area contributed by atoms with Gasteiger partial charge in [0.2, 0.25) is 5.91 Å². The molecular formula is C33H36F6N4O. The van der Waals surface area contributed by atoms with Gasteiger partial charge in [0.25, 0.3) is 0 Å². The first kappa shape index (κ1) is 32.0. The molecule has 0 aliphatic carbocycles. The number of alkyl halides is 6. The molecule has 2 heterocycles. The van der Waals surface area contributed by atoms with E-state index in [4.69, 9.17) is 0 Å². The standard InChI is InChI=1S/C33H36F6N4O/c1-31(24-11-6-3-7-12-24)22-41-28(26-13-8-14-27(32(34,35)36)30(26)33(37,38)39)21-43(31)29(44)19-40-25-15-17-42(18-16-25)20-23-9-4-2-5-10-23/h2-14,25,28,40-41H,15-22H2,1H3. The van der Waals surface area contributed by atoms with Crippen LogP contribution in [0.5, 0.6) is 0 Å². The van der Waals surface area contributed by atoms with Crippen LogP contribution >= 0.6 is 0 Å². The van der Waals surface area contributed by atoms with E-state index in [2.05, 4.69) is 27.7 Å². The van der Waals surface area contributed by atoms with E-state index in [1.165, 1.54) is 10.5 Å². The molecule has 0 saturated carbocycles. The van der Waals surface area contributed by atoms with Crippen molar-refractivity contribution >= 4 is 5.91 Å². The lowest BCUT2D eigenvalue weighted by Crippen LogP contribution is -2.62. The minimum Gasteiger partial charge on any atom is -0.329 e. The molecule has 2 fully saturated rings. The van der Waals surface area contributed by atoms with Gasteiger partial charge in [0.05, 0.1) is 29.3 Å². The average Bonchev–Trinajstić information content (AvgIpc) is 3.00. The molecule has 3 aromatic rings. The van der Waals surface area contributed by atoms with Gasteiger partial charge >= 0.3 is 12.4 Å². The van der Waals surface area contributed by atoms with E-state index in [0.29, 0.717) is 6.07 Å². The van der Waals surface area contributed by atoms with Crippen LogP contribution in [0.3, 0.4) is 0 Å². The normalized spacial score (nSPS) is 22.2. The van der Waals surface area contributed by atoms with E-state index < -0.39 is 40.6 Å². The van der Waals surface area contributed by atoms with Crippen LogP contribution in [0.15, 0.2) is 78.9 Å². The highest BCUT2D eigenvalue weighted by molar-refractivity contribution is 5.79. The molecule has 3 aromatic carbocycles. The number of nitrogens with zero attached hydrogens (tertiary/aromatic N) is 2. The monoisotopic (exact) mass is 618 g/mol. The molecule has 2 unspecified atom stereocenters. The number of likely N-dealkylation sites (tertiary alicyclic amines) is 1. The highest BCUT2D eigenvalue weighted by Gasteiger charge is 2.48. The van der Waals surface area contributed by atoms with Crippen LogP contribution in [-0.4, -0.2) is 54.5 Å². The molecule has 0 radical (unpaired) electrons. The lowest BCUT2D eigenvalue weighted by molar-refractivity contribution is -0.163. The van der Waals surface area contributed by atoms with Crippen molar-refractivity contribution in [1.29, 1.82) is 0 Å². The molecule has 0 spiro atoms. The summed E-state index contributed by atoms with van der Waals surface area (Å²) in [5, 5.41) is 6.39. The third kappa shape index (κ3) is 7.11. The van der Waals surface area contributed by atoms with Crippen molar-refractivity contribution in [3.05, 3.63) is 107 Å². The van der Waals surface area contributed by atoms with Crippen molar-refractivity contribution in [3.63, 3.8) is 0 Å². The third-order valence-electron chi connectivity index (χ3n) is 8.79. The molecule has 5 rings (SSSR count). The summed E-state index contributed by atoms with van der Waals surface area (Å²) in [5.74, 6) is -0.324. The maximum Gasteiger partial charge on any atom is 0.417 e. The summed E-state index contributed by atoms with van der Waals surface area (Å²) in [6.07, 6.45) is -8.77. The second kappa shape index (κ2) is 12.9. The summed E-state index contributed by atoms with van der Waals surface area (Å²) in [5.41, 5.74) is -2.92. The molecule has 0 aromatic heterocycles. The summed E-state index contributed by atoms with van der Waals surface area (Å²) in [6, 6.07) is 20.7. The Kier molecular flexibility index (Phi) is 9.38. The number of carbonyl (C=O) groups excluding carboxylic acids is 1. The number of piperidine rings is 1. The van der Waals surface area contributed by atoms with E-state index in [9.17, 15) is 31.1 Å². The minimum absolute atomic E-state index is 0.0345. The molecule has 5 nitrogen and oxygen atoms in total. The van der Waals surface area contributed by atoms with Gasteiger partial charge in [-0.15, -0.1) is 0 Å². The first-order valence-corrected chi connectivity index (χ1v) is 14.7. The number of halogens is 6. The van der Waals surface area contributed by atoms with E-state index in [1.54, 1.807) is 0 Å². The summed E-state index contributed by atoms with van der Waals surface area (Å²) >= 11 is 0. The molecule has 2 N–H and O–H groups in total. The lowest BCUT2D eigenvalue weighted by atomic mass is 9.84. The van der Waals surface area contributed by atoms with Gasteiger partial charge in [-0.3, -0.25) is 9.69 Å². The average molecular weight is 619 g/mol. The molecule has 236 valence electrons. The molecule has 2 saturated heterocycles. The smallest absolute Gasteiger partial charge is 0.329 e. The number of piperazine rings is 1. The molecule has 0 bridgehead atoms. The zero-order valence-electron chi connectivity index (χ0n) is 24.4. The summed E-state index contributed by atoms with van der Waals surface area (Å²) in [4.78, 5) is 17.7. The Morgan fingerprint density at radius 1 is 0.886 bits per heavy atom. The Hall–Kier alpha value is -3.41. The predicted molar refractivity (Wildman–Crippen MR) is 155 cm³/mol. The second-order valence-corrected chi connectivity index (χ2v) is 11.8. The molecule has 2 aliphatic heterocycles. The number of hydrogen-bond acceptors (Lipinski definition) is 4. The highest BCUT2D eigenvalue weighted by Crippen LogP contribution is 2.45. The third-order valence-corrected chi connectivity index (χ3v) is 8.79. The van der Waals surface area contributed by atoms with Gasteiger partial charge in [-0.2, -0.15) is 26.3 Å². The minimum atomic E-state index is -5.24.